The Hall–Kier alpha value is -3.32. The summed E-state index contributed by atoms with van der Waals surface area (Å²) < 4.78 is 5.51. The Morgan fingerprint density at radius 2 is 1.83 bits per heavy atom. The summed E-state index contributed by atoms with van der Waals surface area (Å²) in [6.45, 7) is 5.31. The van der Waals surface area contributed by atoms with Gasteiger partial charge in [0.2, 0.25) is 0 Å². The molecule has 1 N–H and O–H groups in total. The first kappa shape index (κ1) is 22.2. The highest BCUT2D eigenvalue weighted by atomic mass is 16.5. The predicted octanol–water partition coefficient (Wildman–Crippen LogP) is 4.33. The van der Waals surface area contributed by atoms with Gasteiger partial charge in [0.25, 0.3) is 5.91 Å². The van der Waals surface area contributed by atoms with Crippen molar-refractivity contribution in [3.63, 3.8) is 0 Å². The monoisotopic (exact) mass is 472 g/mol. The molecule has 0 spiro atoms. The minimum absolute atomic E-state index is 0.0620. The quantitative estimate of drug-likeness (QED) is 0.542. The van der Waals surface area contributed by atoms with Crippen molar-refractivity contribution in [3.8, 4) is 5.75 Å². The third-order valence-electron chi connectivity index (χ3n) is 8.23. The molecular formula is C28H32N4O3. The molecule has 35 heavy (non-hydrogen) atoms. The number of benzene rings is 2. The number of amides is 3. The van der Waals surface area contributed by atoms with Crippen molar-refractivity contribution in [2.45, 2.75) is 44.2 Å². The van der Waals surface area contributed by atoms with Crippen molar-refractivity contribution in [1.82, 2.24) is 19.7 Å². The first-order chi connectivity index (χ1) is 17.1. The average Bonchev–Trinajstić information content (AvgIpc) is 3.59. The van der Waals surface area contributed by atoms with Gasteiger partial charge in [0.15, 0.2) is 0 Å². The lowest BCUT2D eigenvalue weighted by Gasteiger charge is -2.44. The lowest BCUT2D eigenvalue weighted by Crippen LogP contribution is -2.55. The van der Waals surface area contributed by atoms with Crippen LogP contribution in [-0.4, -0.2) is 70.4 Å². The molecule has 3 aromatic rings. The van der Waals surface area contributed by atoms with Gasteiger partial charge >= 0.3 is 6.03 Å². The van der Waals surface area contributed by atoms with Crippen LogP contribution in [0.1, 0.15) is 49.0 Å². The van der Waals surface area contributed by atoms with E-state index >= 15 is 0 Å². The Balaban J connectivity index is 1.49. The molecule has 0 radical (unpaired) electrons. The summed E-state index contributed by atoms with van der Waals surface area (Å²) in [4.78, 5) is 37.5. The standard InChI is InChI=1S/C28H32N4O3/c1-3-28-18-22-21-17-20(35-2)11-12-23(21)29-24(22)25(19-9-5-4-6-10-19)32(28)27(34)31(26(28)33)16-15-30-13-7-8-14-30/h4-6,9-12,17,25,29H,3,7-8,13-16,18H2,1-2H3/t25-,28+/m1/s1. The highest BCUT2D eigenvalue weighted by molar-refractivity contribution is 6.08. The maximum Gasteiger partial charge on any atom is 0.328 e. The highest BCUT2D eigenvalue weighted by Crippen LogP contribution is 2.50. The van der Waals surface area contributed by atoms with Crippen molar-refractivity contribution < 1.29 is 14.3 Å². The number of ether oxygens (including phenoxy) is 1. The fraction of sp³-hybridized carbons (Fsp3) is 0.429. The van der Waals surface area contributed by atoms with Crippen LogP contribution in [-0.2, 0) is 11.2 Å². The molecule has 7 nitrogen and oxygen atoms in total. The van der Waals surface area contributed by atoms with Crippen LogP contribution < -0.4 is 4.74 Å². The second kappa shape index (κ2) is 8.41. The molecule has 6 rings (SSSR count). The molecule has 2 aromatic carbocycles. The van der Waals surface area contributed by atoms with Crippen molar-refractivity contribution in [2.24, 2.45) is 0 Å². The highest BCUT2D eigenvalue weighted by Gasteiger charge is 2.61. The zero-order valence-electron chi connectivity index (χ0n) is 20.4. The van der Waals surface area contributed by atoms with E-state index in [9.17, 15) is 9.59 Å². The molecule has 2 fully saturated rings. The Bertz CT molecular complexity index is 1280. The Morgan fingerprint density at radius 3 is 2.54 bits per heavy atom. The van der Waals surface area contributed by atoms with Crippen LogP contribution in [0.4, 0.5) is 4.79 Å². The van der Waals surface area contributed by atoms with Crippen LogP contribution in [0.3, 0.4) is 0 Å². The molecule has 4 heterocycles. The van der Waals surface area contributed by atoms with Gasteiger partial charge in [-0.2, -0.15) is 0 Å². The minimum atomic E-state index is -0.895. The number of fused-ring (bicyclic) bond motifs is 4. The summed E-state index contributed by atoms with van der Waals surface area (Å²) in [6, 6.07) is 15.5. The molecule has 7 heteroatoms. The minimum Gasteiger partial charge on any atom is -0.497 e. The fourth-order valence-electron chi connectivity index (χ4n) is 6.34. The van der Waals surface area contributed by atoms with Gasteiger partial charge in [-0.05, 0) is 61.7 Å². The first-order valence-electron chi connectivity index (χ1n) is 12.7. The third kappa shape index (κ3) is 3.28. The number of aromatic amines is 1. The summed E-state index contributed by atoms with van der Waals surface area (Å²) in [5, 5.41) is 1.06. The zero-order valence-corrected chi connectivity index (χ0v) is 20.4. The normalized spacial score (nSPS) is 24.3. The van der Waals surface area contributed by atoms with E-state index < -0.39 is 5.54 Å². The number of nitrogens with zero attached hydrogens (tertiary/aromatic N) is 3. The van der Waals surface area contributed by atoms with Gasteiger partial charge in [-0.3, -0.25) is 14.6 Å². The zero-order chi connectivity index (χ0) is 24.2. The van der Waals surface area contributed by atoms with Crippen molar-refractivity contribution >= 4 is 22.8 Å². The van der Waals surface area contributed by atoms with Crippen molar-refractivity contribution in [3.05, 3.63) is 65.4 Å². The largest absolute Gasteiger partial charge is 0.497 e. The van der Waals surface area contributed by atoms with E-state index in [1.165, 1.54) is 17.7 Å². The number of carbonyl (C=O) groups excluding carboxylic acids is 2. The number of hydrogen-bond acceptors (Lipinski definition) is 4. The fourth-order valence-corrected chi connectivity index (χ4v) is 6.34. The summed E-state index contributed by atoms with van der Waals surface area (Å²) >= 11 is 0. The summed E-state index contributed by atoms with van der Waals surface area (Å²) in [6.07, 6.45) is 3.44. The Morgan fingerprint density at radius 1 is 1.06 bits per heavy atom. The van der Waals surface area contributed by atoms with Crippen molar-refractivity contribution in [2.75, 3.05) is 33.3 Å². The van der Waals surface area contributed by atoms with Crippen LogP contribution in [0.5, 0.6) is 5.75 Å². The Kier molecular flexibility index (Phi) is 5.33. The maximum atomic E-state index is 14.1. The van der Waals surface area contributed by atoms with Gasteiger partial charge in [0, 0.05) is 36.1 Å². The van der Waals surface area contributed by atoms with E-state index in [0.717, 1.165) is 53.1 Å². The van der Waals surface area contributed by atoms with Crippen LogP contribution in [0, 0.1) is 0 Å². The summed E-state index contributed by atoms with van der Waals surface area (Å²) in [5.74, 6) is 0.720. The topological polar surface area (TPSA) is 68.9 Å². The van der Waals surface area contributed by atoms with Gasteiger partial charge in [-0.15, -0.1) is 0 Å². The van der Waals surface area contributed by atoms with Crippen LogP contribution in [0.2, 0.25) is 0 Å². The summed E-state index contributed by atoms with van der Waals surface area (Å²) in [5.41, 5.74) is 3.20. The molecule has 0 aliphatic carbocycles. The smallest absolute Gasteiger partial charge is 0.328 e. The number of urea groups is 1. The molecule has 3 aliphatic heterocycles. The van der Waals surface area contributed by atoms with E-state index in [0.29, 0.717) is 19.4 Å². The number of aromatic nitrogens is 1. The van der Waals surface area contributed by atoms with Crippen molar-refractivity contribution in [1.29, 1.82) is 0 Å². The van der Waals surface area contributed by atoms with E-state index in [4.69, 9.17) is 4.74 Å². The van der Waals surface area contributed by atoms with Gasteiger partial charge < -0.3 is 14.6 Å². The number of imide groups is 1. The van der Waals surface area contributed by atoms with Crippen LogP contribution in [0.25, 0.3) is 10.9 Å². The lowest BCUT2D eigenvalue weighted by atomic mass is 9.78. The molecule has 1 aromatic heterocycles. The van der Waals surface area contributed by atoms with Gasteiger partial charge in [-0.1, -0.05) is 37.3 Å². The number of H-pyrrole nitrogens is 1. The number of nitrogens with one attached hydrogen (secondary N) is 1. The third-order valence-corrected chi connectivity index (χ3v) is 8.23. The van der Waals surface area contributed by atoms with Gasteiger partial charge in [0.1, 0.15) is 17.3 Å². The molecule has 0 bridgehead atoms. The van der Waals surface area contributed by atoms with Crippen LogP contribution >= 0.6 is 0 Å². The molecule has 3 aliphatic rings. The molecule has 2 atom stereocenters. The number of rotatable bonds is 6. The van der Waals surface area contributed by atoms with Crippen LogP contribution in [0.15, 0.2) is 48.5 Å². The number of hydrogen-bond donors (Lipinski definition) is 1. The van der Waals surface area contributed by atoms with E-state index in [1.807, 2.05) is 48.2 Å². The predicted molar refractivity (Wildman–Crippen MR) is 134 cm³/mol. The molecule has 0 saturated carbocycles. The maximum absolute atomic E-state index is 14.1. The first-order valence-corrected chi connectivity index (χ1v) is 12.7. The molecule has 3 amide bonds. The van der Waals surface area contributed by atoms with Gasteiger partial charge in [0.05, 0.1) is 7.11 Å². The average molecular weight is 473 g/mol. The summed E-state index contributed by atoms with van der Waals surface area (Å²) in [7, 11) is 1.67. The number of likely N-dealkylation sites (tertiary alicyclic amines) is 1. The van der Waals surface area contributed by atoms with E-state index in [2.05, 4.69) is 22.0 Å². The lowest BCUT2D eigenvalue weighted by molar-refractivity contribution is -0.134. The molecule has 0 unspecified atom stereocenters. The Labute approximate surface area is 205 Å². The van der Waals surface area contributed by atoms with E-state index in [1.54, 1.807) is 7.11 Å². The second-order valence-electron chi connectivity index (χ2n) is 9.96. The molecule has 182 valence electrons. The van der Waals surface area contributed by atoms with Gasteiger partial charge in [-0.25, -0.2) is 4.79 Å². The number of methoxy groups -OCH3 is 1. The van der Waals surface area contributed by atoms with E-state index in [-0.39, 0.29) is 18.0 Å². The SMILES string of the molecule is CC[C@@]12Cc3c([nH]c4ccc(OC)cc34)[C@@H](c3ccccc3)N1C(=O)N(CCN1CCCC1)C2=O. The molecule has 2 saturated heterocycles. The second-order valence-corrected chi connectivity index (χ2v) is 9.96. The molecular weight excluding hydrogens is 440 g/mol. The number of carbonyl (C=O) groups is 2.